The molecule has 0 bridgehead atoms. The van der Waals surface area contributed by atoms with E-state index in [-0.39, 0.29) is 0 Å². The molecule has 0 amide bonds. The van der Waals surface area contributed by atoms with E-state index in [4.69, 9.17) is 13.9 Å². The average Bonchev–Trinajstić information content (AvgIpc) is 3.24. The minimum absolute atomic E-state index is 0.570. The molecule has 0 aliphatic carbocycles. The van der Waals surface area contributed by atoms with Crippen molar-refractivity contribution in [2.24, 2.45) is 0 Å². The zero-order chi connectivity index (χ0) is 21.6. The van der Waals surface area contributed by atoms with E-state index >= 15 is 0 Å². The third-order valence-electron chi connectivity index (χ3n) is 4.55. The van der Waals surface area contributed by atoms with Gasteiger partial charge in [0.05, 0.1) is 19.0 Å². The first-order valence-corrected chi connectivity index (χ1v) is 11.9. The lowest BCUT2D eigenvalue weighted by atomic mass is 10.1. The van der Waals surface area contributed by atoms with Crippen molar-refractivity contribution < 1.29 is 13.9 Å². The van der Waals surface area contributed by atoms with Crippen LogP contribution in [0.2, 0.25) is 0 Å². The Morgan fingerprint density at radius 3 is 2.65 bits per heavy atom. The van der Waals surface area contributed by atoms with Gasteiger partial charge in [-0.15, -0.1) is 22.0 Å². The maximum Gasteiger partial charge on any atom is 0.247 e. The number of para-hydroxylation sites is 1. The molecule has 1 aromatic heterocycles. The molecule has 31 heavy (non-hydrogen) atoms. The quantitative estimate of drug-likeness (QED) is 0.531. The molecule has 1 aliphatic rings. The Bertz CT molecular complexity index is 832. The number of aromatic nitrogens is 2. The highest BCUT2D eigenvalue weighted by atomic mass is 32.2. The van der Waals surface area contributed by atoms with Gasteiger partial charge in [-0.3, -0.25) is 0 Å². The molecule has 0 atom stereocenters. The Morgan fingerprint density at radius 2 is 1.81 bits per heavy atom. The van der Waals surface area contributed by atoms with Gasteiger partial charge in [-0.05, 0) is 50.6 Å². The lowest BCUT2D eigenvalue weighted by Crippen LogP contribution is -2.23. The van der Waals surface area contributed by atoms with Crippen molar-refractivity contribution in [3.8, 4) is 17.2 Å². The predicted octanol–water partition coefficient (Wildman–Crippen LogP) is 4.74. The highest BCUT2D eigenvalue weighted by Gasteiger charge is 2.08. The summed E-state index contributed by atoms with van der Waals surface area (Å²) in [5.41, 5.74) is 2.16. The molecular formula is C24H31N3O3S. The van der Waals surface area contributed by atoms with E-state index in [1.165, 1.54) is 24.9 Å². The normalized spacial score (nSPS) is 14.1. The van der Waals surface area contributed by atoms with Crippen LogP contribution in [0.1, 0.15) is 24.3 Å². The number of thioether (sulfide) groups is 1. The van der Waals surface area contributed by atoms with Crippen LogP contribution < -0.4 is 10.1 Å². The summed E-state index contributed by atoms with van der Waals surface area (Å²) in [6.45, 7) is 6.76. The Kier molecular flexibility index (Phi) is 10.4. The standard InChI is InChI=1S/C18H18N2O2S.C6H13NO/c1-14-7-9-15(10-8-14)18-20-19-17(22-18)13-23-12-11-21-16-5-3-2-4-6-16;1-2-5-8-6-4-7-3-1/h2-10H,11-13H2,1H3;7H,1-6H2. The molecule has 0 spiro atoms. The van der Waals surface area contributed by atoms with Gasteiger partial charge in [0.25, 0.3) is 0 Å². The molecule has 3 aromatic rings. The van der Waals surface area contributed by atoms with Crippen molar-refractivity contribution in [2.45, 2.75) is 25.5 Å². The number of hydrogen-bond donors (Lipinski definition) is 1. The second-order valence-corrected chi connectivity index (χ2v) is 8.26. The summed E-state index contributed by atoms with van der Waals surface area (Å²) in [4.78, 5) is 0. The van der Waals surface area contributed by atoms with Gasteiger partial charge in [0, 0.05) is 24.5 Å². The Balaban J connectivity index is 0.000000287. The number of aryl methyl sites for hydroxylation is 1. The van der Waals surface area contributed by atoms with E-state index in [1.807, 2.05) is 54.6 Å². The monoisotopic (exact) mass is 441 g/mol. The molecule has 0 radical (unpaired) electrons. The Labute approximate surface area is 188 Å². The SMILES string of the molecule is C1CCOCCNC1.Cc1ccc(-c2nnc(CSCCOc3ccccc3)o2)cc1. The Morgan fingerprint density at radius 1 is 0.968 bits per heavy atom. The summed E-state index contributed by atoms with van der Waals surface area (Å²) < 4.78 is 16.5. The summed E-state index contributed by atoms with van der Waals surface area (Å²) >= 11 is 1.72. The van der Waals surface area contributed by atoms with Gasteiger partial charge in [-0.2, -0.15) is 0 Å². The van der Waals surface area contributed by atoms with E-state index in [1.54, 1.807) is 11.8 Å². The molecule has 4 rings (SSSR count). The summed E-state index contributed by atoms with van der Waals surface area (Å²) in [6.07, 6.45) is 2.48. The van der Waals surface area contributed by atoms with Crippen LogP contribution in [0.5, 0.6) is 5.75 Å². The van der Waals surface area contributed by atoms with Gasteiger partial charge in [0.1, 0.15) is 5.75 Å². The molecule has 0 unspecified atom stereocenters. The number of nitrogens with one attached hydrogen (secondary N) is 1. The first-order chi connectivity index (χ1) is 15.3. The number of rotatable bonds is 7. The first-order valence-electron chi connectivity index (χ1n) is 10.7. The lowest BCUT2D eigenvalue weighted by Gasteiger charge is -2.09. The molecule has 1 aliphatic heterocycles. The zero-order valence-corrected chi connectivity index (χ0v) is 18.9. The highest BCUT2D eigenvalue weighted by molar-refractivity contribution is 7.98. The Hall–Kier alpha value is -2.35. The third-order valence-corrected chi connectivity index (χ3v) is 5.45. The van der Waals surface area contributed by atoms with Gasteiger partial charge >= 0.3 is 0 Å². The molecule has 7 heteroatoms. The minimum atomic E-state index is 0.570. The van der Waals surface area contributed by atoms with E-state index in [0.717, 1.165) is 36.8 Å². The second-order valence-electron chi connectivity index (χ2n) is 7.15. The number of nitrogens with zero attached hydrogens (tertiary/aromatic N) is 2. The predicted molar refractivity (Wildman–Crippen MR) is 125 cm³/mol. The van der Waals surface area contributed by atoms with Crippen LogP contribution in [0.25, 0.3) is 11.5 Å². The van der Waals surface area contributed by atoms with Gasteiger partial charge in [-0.1, -0.05) is 35.9 Å². The molecule has 2 heterocycles. The zero-order valence-electron chi connectivity index (χ0n) is 18.1. The molecule has 6 nitrogen and oxygen atoms in total. The molecule has 1 fully saturated rings. The molecule has 166 valence electrons. The van der Waals surface area contributed by atoms with E-state index < -0.39 is 0 Å². The maximum atomic E-state index is 5.69. The van der Waals surface area contributed by atoms with Crippen molar-refractivity contribution in [3.05, 3.63) is 66.1 Å². The molecule has 1 saturated heterocycles. The van der Waals surface area contributed by atoms with Crippen molar-refractivity contribution in [2.75, 3.05) is 38.7 Å². The van der Waals surface area contributed by atoms with Gasteiger partial charge in [0.15, 0.2) is 0 Å². The molecule has 1 N–H and O–H groups in total. The largest absolute Gasteiger partial charge is 0.493 e. The van der Waals surface area contributed by atoms with Crippen LogP contribution in [0.15, 0.2) is 59.0 Å². The lowest BCUT2D eigenvalue weighted by molar-refractivity contribution is 0.123. The maximum absolute atomic E-state index is 5.69. The van der Waals surface area contributed by atoms with Crippen molar-refractivity contribution >= 4 is 11.8 Å². The van der Waals surface area contributed by atoms with Crippen LogP contribution in [0.3, 0.4) is 0 Å². The molecular weight excluding hydrogens is 410 g/mol. The van der Waals surface area contributed by atoms with Crippen molar-refractivity contribution in [1.82, 2.24) is 15.5 Å². The fourth-order valence-corrected chi connectivity index (χ4v) is 3.48. The van der Waals surface area contributed by atoms with Crippen LogP contribution in [0, 0.1) is 6.92 Å². The van der Waals surface area contributed by atoms with Crippen molar-refractivity contribution in [3.63, 3.8) is 0 Å². The van der Waals surface area contributed by atoms with E-state index in [2.05, 4.69) is 22.4 Å². The van der Waals surface area contributed by atoms with E-state index in [9.17, 15) is 0 Å². The van der Waals surface area contributed by atoms with Crippen LogP contribution in [0.4, 0.5) is 0 Å². The smallest absolute Gasteiger partial charge is 0.247 e. The van der Waals surface area contributed by atoms with Gasteiger partial charge in [0.2, 0.25) is 11.8 Å². The summed E-state index contributed by atoms with van der Waals surface area (Å²) in [5, 5.41) is 11.5. The molecule has 2 aromatic carbocycles. The van der Waals surface area contributed by atoms with Crippen LogP contribution in [-0.2, 0) is 10.5 Å². The fourth-order valence-electron chi connectivity index (χ4n) is 2.84. The number of ether oxygens (including phenoxy) is 2. The second kappa shape index (κ2) is 13.9. The summed E-state index contributed by atoms with van der Waals surface area (Å²) in [7, 11) is 0. The van der Waals surface area contributed by atoms with Crippen molar-refractivity contribution in [1.29, 1.82) is 0 Å². The topological polar surface area (TPSA) is 69.4 Å². The first kappa shape index (κ1) is 23.3. The fraction of sp³-hybridized carbons (Fsp3) is 0.417. The highest BCUT2D eigenvalue weighted by Crippen LogP contribution is 2.20. The van der Waals surface area contributed by atoms with Crippen LogP contribution >= 0.6 is 11.8 Å². The van der Waals surface area contributed by atoms with E-state index in [0.29, 0.717) is 24.1 Å². The summed E-state index contributed by atoms with van der Waals surface area (Å²) in [5.74, 6) is 3.67. The number of benzene rings is 2. The third kappa shape index (κ3) is 9.12. The minimum Gasteiger partial charge on any atom is -0.493 e. The van der Waals surface area contributed by atoms with Gasteiger partial charge in [-0.25, -0.2) is 0 Å². The summed E-state index contributed by atoms with van der Waals surface area (Å²) in [6, 6.07) is 17.9. The average molecular weight is 442 g/mol. The number of hydrogen-bond acceptors (Lipinski definition) is 7. The molecule has 0 saturated carbocycles. The van der Waals surface area contributed by atoms with Crippen LogP contribution in [-0.4, -0.2) is 48.9 Å². The van der Waals surface area contributed by atoms with Gasteiger partial charge < -0.3 is 19.2 Å².